The standard InChI is InChI=1S/C21H25N3O2/c25-20(23-12-16-7-3-1-4-8-16)18-11-19(15-22-14-18)21(26)24-13-17-9-5-2-6-10-17/h1-10,18-19,22H,11-15H2,(H,23,25)(H,24,26)/t18-,19+. The number of hydrogen-bond acceptors (Lipinski definition) is 3. The monoisotopic (exact) mass is 351 g/mol. The molecule has 5 heteroatoms. The van der Waals surface area contributed by atoms with Crippen molar-refractivity contribution in [2.75, 3.05) is 13.1 Å². The first kappa shape index (κ1) is 18.1. The summed E-state index contributed by atoms with van der Waals surface area (Å²) in [6, 6.07) is 19.7. The first-order chi connectivity index (χ1) is 12.7. The third kappa shape index (κ3) is 5.17. The lowest BCUT2D eigenvalue weighted by molar-refractivity contribution is -0.129. The molecular weight excluding hydrogens is 326 g/mol. The summed E-state index contributed by atoms with van der Waals surface area (Å²) in [7, 11) is 0. The predicted octanol–water partition coefficient (Wildman–Crippen LogP) is 1.84. The van der Waals surface area contributed by atoms with Crippen LogP contribution in [0.15, 0.2) is 60.7 Å². The molecule has 2 amide bonds. The Kier molecular flexibility index (Phi) is 6.39. The van der Waals surface area contributed by atoms with E-state index in [0.29, 0.717) is 32.6 Å². The highest BCUT2D eigenvalue weighted by Crippen LogP contribution is 2.17. The minimum absolute atomic E-state index is 0.00177. The van der Waals surface area contributed by atoms with E-state index < -0.39 is 0 Å². The Balaban J connectivity index is 1.47. The van der Waals surface area contributed by atoms with Gasteiger partial charge in [0, 0.05) is 26.2 Å². The molecule has 1 aliphatic rings. The van der Waals surface area contributed by atoms with Gasteiger partial charge >= 0.3 is 0 Å². The molecule has 2 aromatic rings. The van der Waals surface area contributed by atoms with Gasteiger partial charge in [0.2, 0.25) is 11.8 Å². The number of nitrogens with one attached hydrogen (secondary N) is 3. The van der Waals surface area contributed by atoms with E-state index in [1.54, 1.807) is 0 Å². The fourth-order valence-corrected chi connectivity index (χ4v) is 3.20. The van der Waals surface area contributed by atoms with E-state index in [1.807, 2.05) is 60.7 Å². The van der Waals surface area contributed by atoms with Gasteiger partial charge in [-0.05, 0) is 17.5 Å². The topological polar surface area (TPSA) is 70.2 Å². The highest BCUT2D eigenvalue weighted by atomic mass is 16.2. The number of amides is 2. The van der Waals surface area contributed by atoms with Crippen molar-refractivity contribution in [2.24, 2.45) is 11.8 Å². The number of piperidine rings is 1. The molecule has 0 unspecified atom stereocenters. The average molecular weight is 351 g/mol. The molecule has 5 nitrogen and oxygen atoms in total. The van der Waals surface area contributed by atoms with Gasteiger partial charge in [0.05, 0.1) is 11.8 Å². The second-order valence-corrected chi connectivity index (χ2v) is 6.69. The highest BCUT2D eigenvalue weighted by Gasteiger charge is 2.30. The van der Waals surface area contributed by atoms with Gasteiger partial charge in [0.15, 0.2) is 0 Å². The van der Waals surface area contributed by atoms with Crippen LogP contribution in [0.5, 0.6) is 0 Å². The van der Waals surface area contributed by atoms with Crippen LogP contribution in [-0.2, 0) is 22.7 Å². The summed E-state index contributed by atoms with van der Waals surface area (Å²) in [6.45, 7) is 2.26. The third-order valence-electron chi connectivity index (χ3n) is 4.71. The third-order valence-corrected chi connectivity index (χ3v) is 4.71. The van der Waals surface area contributed by atoms with Gasteiger partial charge in [-0.15, -0.1) is 0 Å². The van der Waals surface area contributed by atoms with Gasteiger partial charge in [-0.2, -0.15) is 0 Å². The number of carbonyl (C=O) groups excluding carboxylic acids is 2. The second-order valence-electron chi connectivity index (χ2n) is 6.69. The smallest absolute Gasteiger partial charge is 0.224 e. The van der Waals surface area contributed by atoms with Crippen molar-refractivity contribution in [2.45, 2.75) is 19.5 Å². The zero-order chi connectivity index (χ0) is 18.2. The molecule has 1 aliphatic heterocycles. The van der Waals surface area contributed by atoms with E-state index in [1.165, 1.54) is 0 Å². The summed E-state index contributed by atoms with van der Waals surface area (Å²) in [6.07, 6.45) is 0.578. The van der Waals surface area contributed by atoms with Crippen LogP contribution >= 0.6 is 0 Å². The van der Waals surface area contributed by atoms with E-state index >= 15 is 0 Å². The maximum absolute atomic E-state index is 12.4. The van der Waals surface area contributed by atoms with Gasteiger partial charge in [-0.3, -0.25) is 9.59 Å². The quantitative estimate of drug-likeness (QED) is 0.744. The van der Waals surface area contributed by atoms with Gasteiger partial charge in [0.1, 0.15) is 0 Å². The Morgan fingerprint density at radius 3 is 1.62 bits per heavy atom. The molecule has 2 aromatic carbocycles. The number of rotatable bonds is 6. The Morgan fingerprint density at radius 2 is 1.19 bits per heavy atom. The van der Waals surface area contributed by atoms with Crippen LogP contribution < -0.4 is 16.0 Å². The van der Waals surface area contributed by atoms with Gasteiger partial charge < -0.3 is 16.0 Å². The Labute approximate surface area is 154 Å². The molecule has 0 bridgehead atoms. The van der Waals surface area contributed by atoms with Crippen LogP contribution in [0.4, 0.5) is 0 Å². The van der Waals surface area contributed by atoms with E-state index in [2.05, 4.69) is 16.0 Å². The molecule has 136 valence electrons. The van der Waals surface area contributed by atoms with E-state index in [4.69, 9.17) is 0 Å². The number of benzene rings is 2. The van der Waals surface area contributed by atoms with Crippen LogP contribution in [0, 0.1) is 11.8 Å². The molecule has 0 spiro atoms. The van der Waals surface area contributed by atoms with Crippen LogP contribution in [0.1, 0.15) is 17.5 Å². The van der Waals surface area contributed by atoms with Gasteiger partial charge in [-0.1, -0.05) is 60.7 Å². The summed E-state index contributed by atoms with van der Waals surface area (Å²) in [5.41, 5.74) is 2.14. The molecule has 3 rings (SSSR count). The Morgan fingerprint density at radius 1 is 0.769 bits per heavy atom. The lowest BCUT2D eigenvalue weighted by atomic mass is 9.89. The first-order valence-corrected chi connectivity index (χ1v) is 9.06. The molecule has 0 saturated carbocycles. The molecule has 3 N–H and O–H groups in total. The van der Waals surface area contributed by atoms with Crippen molar-refractivity contribution in [3.63, 3.8) is 0 Å². The van der Waals surface area contributed by atoms with E-state index in [9.17, 15) is 9.59 Å². The largest absolute Gasteiger partial charge is 0.352 e. The molecule has 0 aliphatic carbocycles. The zero-order valence-corrected chi connectivity index (χ0v) is 14.8. The van der Waals surface area contributed by atoms with Crippen LogP contribution in [0.25, 0.3) is 0 Å². The van der Waals surface area contributed by atoms with Crippen molar-refractivity contribution in [3.05, 3.63) is 71.8 Å². The van der Waals surface area contributed by atoms with Gasteiger partial charge in [0.25, 0.3) is 0 Å². The second kappa shape index (κ2) is 9.15. The minimum atomic E-state index is -0.181. The zero-order valence-electron chi connectivity index (χ0n) is 14.8. The molecule has 1 fully saturated rings. The molecule has 26 heavy (non-hydrogen) atoms. The van der Waals surface area contributed by atoms with Crippen molar-refractivity contribution >= 4 is 11.8 Å². The number of hydrogen-bond donors (Lipinski definition) is 3. The summed E-state index contributed by atoms with van der Waals surface area (Å²) in [5.74, 6) is -0.358. The minimum Gasteiger partial charge on any atom is -0.352 e. The fraction of sp³-hybridized carbons (Fsp3) is 0.333. The maximum atomic E-state index is 12.4. The Hall–Kier alpha value is -2.66. The molecule has 1 heterocycles. The normalized spacial score (nSPS) is 19.5. The van der Waals surface area contributed by atoms with Crippen molar-refractivity contribution in [1.82, 2.24) is 16.0 Å². The average Bonchev–Trinajstić information content (AvgIpc) is 2.72. The van der Waals surface area contributed by atoms with Crippen LogP contribution in [0.2, 0.25) is 0 Å². The maximum Gasteiger partial charge on any atom is 0.224 e. The summed E-state index contributed by atoms with van der Waals surface area (Å²) < 4.78 is 0. The molecule has 0 aromatic heterocycles. The van der Waals surface area contributed by atoms with E-state index in [-0.39, 0.29) is 23.7 Å². The summed E-state index contributed by atoms with van der Waals surface area (Å²) >= 11 is 0. The lowest BCUT2D eigenvalue weighted by Crippen LogP contribution is -2.48. The SMILES string of the molecule is O=C(NCc1ccccc1)[C@@H]1CNC[C@H](C(=O)NCc2ccccc2)C1. The van der Waals surface area contributed by atoms with Crippen molar-refractivity contribution < 1.29 is 9.59 Å². The first-order valence-electron chi connectivity index (χ1n) is 9.06. The van der Waals surface area contributed by atoms with Crippen molar-refractivity contribution in [3.8, 4) is 0 Å². The number of carbonyl (C=O) groups is 2. The summed E-state index contributed by atoms with van der Waals surface area (Å²) in [4.78, 5) is 24.9. The fourth-order valence-electron chi connectivity index (χ4n) is 3.20. The molecular formula is C21H25N3O2. The van der Waals surface area contributed by atoms with E-state index in [0.717, 1.165) is 11.1 Å². The lowest BCUT2D eigenvalue weighted by Gasteiger charge is -2.28. The van der Waals surface area contributed by atoms with Crippen LogP contribution in [-0.4, -0.2) is 24.9 Å². The molecule has 0 radical (unpaired) electrons. The Bertz CT molecular complexity index is 657. The molecule has 1 saturated heterocycles. The van der Waals surface area contributed by atoms with Crippen LogP contribution in [0.3, 0.4) is 0 Å². The molecule has 2 atom stereocenters. The highest BCUT2D eigenvalue weighted by molar-refractivity contribution is 5.82. The predicted molar refractivity (Wildman–Crippen MR) is 101 cm³/mol. The summed E-state index contributed by atoms with van der Waals surface area (Å²) in [5, 5.41) is 9.17. The van der Waals surface area contributed by atoms with Gasteiger partial charge in [-0.25, -0.2) is 0 Å². The van der Waals surface area contributed by atoms with Crippen molar-refractivity contribution in [1.29, 1.82) is 0 Å².